The zero-order valence-corrected chi connectivity index (χ0v) is 20.8. The van der Waals surface area contributed by atoms with E-state index >= 15 is 0 Å². The Kier molecular flexibility index (Phi) is 9.59. The van der Waals surface area contributed by atoms with E-state index in [1.54, 1.807) is 18.3 Å². The van der Waals surface area contributed by atoms with Crippen LogP contribution in [0.5, 0.6) is 5.75 Å². The third-order valence-electron chi connectivity index (χ3n) is 5.91. The molecule has 4 amide bonds. The van der Waals surface area contributed by atoms with E-state index in [-0.39, 0.29) is 18.6 Å². The number of carbonyl (C=O) groups is 5. The van der Waals surface area contributed by atoms with Crippen LogP contribution in [0, 0.1) is 0 Å². The highest BCUT2D eigenvalue weighted by molar-refractivity contribution is 5.95. The fourth-order valence-electron chi connectivity index (χ4n) is 3.95. The molecule has 3 atom stereocenters. The molecule has 0 aliphatic rings. The molecule has 0 aliphatic carbocycles. The van der Waals surface area contributed by atoms with Crippen LogP contribution >= 0.6 is 0 Å². The normalized spacial score (nSPS) is 13.2. The maximum atomic E-state index is 13.5. The number of rotatable bonds is 13. The minimum Gasteiger partial charge on any atom is -0.508 e. The van der Waals surface area contributed by atoms with Gasteiger partial charge in [-0.1, -0.05) is 30.3 Å². The van der Waals surface area contributed by atoms with Crippen molar-refractivity contribution in [1.29, 1.82) is 0 Å². The first-order valence-electron chi connectivity index (χ1n) is 12.0. The van der Waals surface area contributed by atoms with E-state index < -0.39 is 60.7 Å². The molecule has 0 aliphatic heterocycles. The molecule has 13 nitrogen and oxygen atoms in total. The second kappa shape index (κ2) is 13.1. The molecule has 3 rings (SSSR count). The lowest BCUT2D eigenvalue weighted by molar-refractivity contribution is -0.138. The van der Waals surface area contributed by atoms with Crippen molar-refractivity contribution >= 4 is 40.5 Å². The van der Waals surface area contributed by atoms with E-state index in [1.807, 2.05) is 24.3 Å². The van der Waals surface area contributed by atoms with Crippen molar-refractivity contribution in [3.05, 3.63) is 65.9 Å². The molecular formula is C26H30N6O7. The number of phenols is 1. The van der Waals surface area contributed by atoms with E-state index in [4.69, 9.17) is 16.6 Å². The molecule has 0 saturated carbocycles. The number of carbonyl (C=O) groups excluding carboxylic acids is 4. The minimum absolute atomic E-state index is 0.00321. The number of carboxylic acid groups (broad SMARTS) is 1. The molecule has 39 heavy (non-hydrogen) atoms. The van der Waals surface area contributed by atoms with Crippen molar-refractivity contribution in [3.8, 4) is 5.75 Å². The van der Waals surface area contributed by atoms with Crippen LogP contribution in [0.1, 0.15) is 17.5 Å². The lowest BCUT2D eigenvalue weighted by atomic mass is 10.0. The molecule has 0 saturated heterocycles. The Morgan fingerprint density at radius 1 is 0.872 bits per heavy atom. The number of fused-ring (bicyclic) bond motifs is 1. The molecule has 3 unspecified atom stereocenters. The Hall–Kier alpha value is -4.91. The number of hydrogen-bond donors (Lipinski definition) is 8. The molecule has 0 bridgehead atoms. The Bertz CT molecular complexity index is 1350. The first-order valence-corrected chi connectivity index (χ1v) is 12.0. The number of para-hydroxylation sites is 1. The van der Waals surface area contributed by atoms with E-state index in [1.165, 1.54) is 12.1 Å². The lowest BCUT2D eigenvalue weighted by Crippen LogP contribution is -2.57. The average molecular weight is 539 g/mol. The molecule has 2 aromatic carbocycles. The molecule has 1 aromatic heterocycles. The Morgan fingerprint density at radius 2 is 1.51 bits per heavy atom. The molecule has 1 heterocycles. The number of nitrogens with two attached hydrogens (primary N) is 2. The zero-order valence-electron chi connectivity index (χ0n) is 20.8. The van der Waals surface area contributed by atoms with Crippen LogP contribution in [-0.4, -0.2) is 69.5 Å². The first-order chi connectivity index (χ1) is 18.5. The Labute approximate surface area is 222 Å². The predicted octanol–water partition coefficient (Wildman–Crippen LogP) is -0.968. The molecular weight excluding hydrogens is 508 g/mol. The van der Waals surface area contributed by atoms with Gasteiger partial charge in [-0.3, -0.25) is 24.0 Å². The monoisotopic (exact) mass is 538 g/mol. The maximum absolute atomic E-state index is 13.5. The number of hydrogen-bond acceptors (Lipinski definition) is 7. The number of primary amides is 1. The van der Waals surface area contributed by atoms with Gasteiger partial charge < -0.3 is 42.6 Å². The van der Waals surface area contributed by atoms with Crippen LogP contribution in [0.15, 0.2) is 54.7 Å². The topological polar surface area (TPSA) is 230 Å². The van der Waals surface area contributed by atoms with E-state index in [9.17, 15) is 29.1 Å². The van der Waals surface area contributed by atoms with Crippen molar-refractivity contribution < 1.29 is 34.2 Å². The van der Waals surface area contributed by atoms with Crippen LogP contribution in [0.3, 0.4) is 0 Å². The molecule has 10 N–H and O–H groups in total. The summed E-state index contributed by atoms with van der Waals surface area (Å²) in [6.07, 6.45) is 1.22. The summed E-state index contributed by atoms with van der Waals surface area (Å²) in [6.45, 7) is -0.668. The van der Waals surface area contributed by atoms with E-state index in [2.05, 4.69) is 20.9 Å². The highest BCUT2D eigenvalue weighted by Crippen LogP contribution is 2.19. The maximum Gasteiger partial charge on any atom is 0.322 e. The summed E-state index contributed by atoms with van der Waals surface area (Å²) in [4.78, 5) is 64.3. The number of carboxylic acids is 1. The van der Waals surface area contributed by atoms with Gasteiger partial charge in [0.15, 0.2) is 0 Å². The van der Waals surface area contributed by atoms with Crippen LogP contribution in [0.2, 0.25) is 0 Å². The quantitative estimate of drug-likeness (QED) is 0.135. The van der Waals surface area contributed by atoms with Gasteiger partial charge in [-0.05, 0) is 29.3 Å². The highest BCUT2D eigenvalue weighted by atomic mass is 16.4. The molecule has 0 spiro atoms. The molecule has 3 aromatic rings. The second-order valence-corrected chi connectivity index (χ2v) is 8.95. The molecule has 0 fully saturated rings. The van der Waals surface area contributed by atoms with E-state index in [0.717, 1.165) is 10.9 Å². The summed E-state index contributed by atoms with van der Waals surface area (Å²) in [7, 11) is 0. The number of benzene rings is 2. The number of aromatic hydroxyl groups is 1. The van der Waals surface area contributed by atoms with Gasteiger partial charge in [0.25, 0.3) is 0 Å². The SMILES string of the molecule is NC(=O)CC(N)C(=O)NC(Cc1c[nH]c2ccccc12)C(=O)NC(Cc1ccc(O)cc1)C(=O)NCC(=O)O. The molecule has 13 heteroatoms. The summed E-state index contributed by atoms with van der Waals surface area (Å²) in [5, 5.41) is 26.7. The third kappa shape index (κ3) is 8.30. The fourth-order valence-corrected chi connectivity index (χ4v) is 3.95. The lowest BCUT2D eigenvalue weighted by Gasteiger charge is -2.24. The predicted molar refractivity (Wildman–Crippen MR) is 140 cm³/mol. The number of aromatic amines is 1. The van der Waals surface area contributed by atoms with Gasteiger partial charge in [-0.2, -0.15) is 0 Å². The smallest absolute Gasteiger partial charge is 0.322 e. The van der Waals surface area contributed by atoms with Gasteiger partial charge in [0.1, 0.15) is 24.4 Å². The van der Waals surface area contributed by atoms with Crippen molar-refractivity contribution in [2.45, 2.75) is 37.4 Å². The van der Waals surface area contributed by atoms with Crippen molar-refractivity contribution in [3.63, 3.8) is 0 Å². The van der Waals surface area contributed by atoms with Crippen molar-refractivity contribution in [1.82, 2.24) is 20.9 Å². The van der Waals surface area contributed by atoms with Gasteiger partial charge in [0.05, 0.1) is 12.5 Å². The van der Waals surface area contributed by atoms with Gasteiger partial charge in [0, 0.05) is 29.9 Å². The molecule has 0 radical (unpaired) electrons. The molecule has 206 valence electrons. The number of H-pyrrole nitrogens is 1. The van der Waals surface area contributed by atoms with Crippen molar-refractivity contribution in [2.24, 2.45) is 11.5 Å². The number of aliphatic carboxylic acids is 1. The van der Waals surface area contributed by atoms with Crippen LogP contribution in [0.25, 0.3) is 10.9 Å². The van der Waals surface area contributed by atoms with Gasteiger partial charge in [-0.15, -0.1) is 0 Å². The summed E-state index contributed by atoms with van der Waals surface area (Å²) in [5.74, 6) is -4.36. The first kappa shape index (κ1) is 28.7. The number of aromatic nitrogens is 1. The number of nitrogens with one attached hydrogen (secondary N) is 4. The van der Waals surface area contributed by atoms with Crippen LogP contribution in [-0.2, 0) is 36.8 Å². The zero-order chi connectivity index (χ0) is 28.5. The second-order valence-electron chi connectivity index (χ2n) is 8.95. The van der Waals surface area contributed by atoms with Gasteiger partial charge in [-0.25, -0.2) is 0 Å². The summed E-state index contributed by atoms with van der Waals surface area (Å²) in [5.41, 5.74) is 13.0. The van der Waals surface area contributed by atoms with Crippen molar-refractivity contribution in [2.75, 3.05) is 6.54 Å². The van der Waals surface area contributed by atoms with Gasteiger partial charge >= 0.3 is 5.97 Å². The highest BCUT2D eigenvalue weighted by Gasteiger charge is 2.29. The fraction of sp³-hybridized carbons (Fsp3) is 0.269. The standard InChI is InChI=1S/C26H30N6O7/c27-18(11-22(28)34)24(37)31-21(10-15-12-29-19-4-2-1-3-17(15)19)26(39)32-20(25(38)30-13-23(35)36)9-14-5-7-16(33)8-6-14/h1-8,12,18,20-21,29,33H,9-11,13,27H2,(H2,28,34)(H,30,38)(H,31,37)(H,32,39)(H,35,36). The average Bonchev–Trinajstić information content (AvgIpc) is 3.30. The Balaban J connectivity index is 1.86. The number of phenolic OH excluding ortho intramolecular Hbond substituents is 1. The van der Waals surface area contributed by atoms with Crippen LogP contribution in [0.4, 0.5) is 0 Å². The summed E-state index contributed by atoms with van der Waals surface area (Å²) >= 11 is 0. The third-order valence-corrected chi connectivity index (χ3v) is 5.91. The Morgan fingerprint density at radius 3 is 2.18 bits per heavy atom. The van der Waals surface area contributed by atoms with Gasteiger partial charge in [0.2, 0.25) is 23.6 Å². The minimum atomic E-state index is -1.30. The van der Waals surface area contributed by atoms with E-state index in [0.29, 0.717) is 11.1 Å². The summed E-state index contributed by atoms with van der Waals surface area (Å²) in [6, 6.07) is 9.50. The summed E-state index contributed by atoms with van der Waals surface area (Å²) < 4.78 is 0. The number of amides is 4. The van der Waals surface area contributed by atoms with Crippen LogP contribution < -0.4 is 27.4 Å². The largest absolute Gasteiger partial charge is 0.508 e.